The molecule has 220 valence electrons. The van der Waals surface area contributed by atoms with Crippen LogP contribution in [-0.4, -0.2) is 65.3 Å². The molecule has 1 unspecified atom stereocenters. The summed E-state index contributed by atoms with van der Waals surface area (Å²) in [6.45, 7) is 2.18. The number of ether oxygens (including phenoxy) is 3. The van der Waals surface area contributed by atoms with Crippen molar-refractivity contribution < 1.29 is 42.4 Å². The summed E-state index contributed by atoms with van der Waals surface area (Å²) in [7, 11) is 2.81. The van der Waals surface area contributed by atoms with E-state index < -0.39 is 35.3 Å². The van der Waals surface area contributed by atoms with E-state index in [1.165, 1.54) is 55.3 Å². The molecule has 3 heterocycles. The molecule has 0 aliphatic carbocycles. The molecular weight excluding hydrogens is 547 g/mol. The third-order valence-electron chi connectivity index (χ3n) is 6.81. The van der Waals surface area contributed by atoms with Crippen molar-refractivity contribution >= 4 is 5.91 Å². The lowest BCUT2D eigenvalue weighted by molar-refractivity contribution is -0.265. The van der Waals surface area contributed by atoms with Crippen LogP contribution >= 0.6 is 0 Å². The number of aliphatic hydroxyl groups excluding tert-OH is 1. The summed E-state index contributed by atoms with van der Waals surface area (Å²) in [5.74, 6) is -0.311. The van der Waals surface area contributed by atoms with Crippen LogP contribution in [0.3, 0.4) is 0 Å². The van der Waals surface area contributed by atoms with E-state index in [1.807, 2.05) is 0 Å². The Morgan fingerprint density at radius 2 is 1.93 bits per heavy atom. The molecule has 1 aromatic carbocycles. The third-order valence-corrected chi connectivity index (χ3v) is 6.81. The Kier molecular flexibility index (Phi) is 8.05. The predicted octanol–water partition coefficient (Wildman–Crippen LogP) is 2.68. The number of aryl methyl sites for hydroxylation is 1. The molecule has 1 atom stereocenters. The number of aliphatic hydroxyl groups is 2. The molecule has 0 fully saturated rings. The number of aromatic nitrogens is 2. The lowest BCUT2D eigenvalue weighted by Crippen LogP contribution is -2.51. The van der Waals surface area contributed by atoms with Crippen LogP contribution < -0.4 is 25.1 Å². The minimum absolute atomic E-state index is 0.0240. The summed E-state index contributed by atoms with van der Waals surface area (Å²) in [5, 5.41) is 22.3. The average molecular weight is 578 g/mol. The van der Waals surface area contributed by atoms with Gasteiger partial charge < -0.3 is 34.3 Å². The van der Waals surface area contributed by atoms with Gasteiger partial charge in [-0.2, -0.15) is 13.2 Å². The Bertz CT molecular complexity index is 1520. The maximum Gasteiger partial charge on any atom is 0.424 e. The fourth-order valence-corrected chi connectivity index (χ4v) is 4.38. The SMILES string of the molecule is COc1cc(C(=O)NCC(O)(c2cc3c(c(-c4ccc(=O)n(C)c4)n2)OCC3(C)C)C(F)(F)F)ccc1OCCO. The fourth-order valence-electron chi connectivity index (χ4n) is 4.38. The zero-order valence-corrected chi connectivity index (χ0v) is 22.8. The minimum atomic E-state index is -5.24. The molecule has 1 aliphatic heterocycles. The standard InChI is InChI=1S/C28H30F3N3O7/c1-26(2)15-41-24-18(26)12-21(33-23(24)17-6-8-22(36)34(3)13-17)27(38,28(29,30)31)14-32-25(37)16-5-7-19(40-10-9-35)20(11-16)39-4/h5-8,11-13,35,38H,9-10,14-15H2,1-4H3,(H,32,37). The number of fused-ring (bicyclic) bond motifs is 1. The summed E-state index contributed by atoms with van der Waals surface area (Å²) in [6, 6.07) is 7.76. The second-order valence-electron chi connectivity index (χ2n) is 10.3. The molecule has 10 nitrogen and oxygen atoms in total. The van der Waals surface area contributed by atoms with E-state index in [9.17, 15) is 27.9 Å². The van der Waals surface area contributed by atoms with Crippen LogP contribution in [0.2, 0.25) is 0 Å². The van der Waals surface area contributed by atoms with Gasteiger partial charge in [0.05, 0.1) is 32.6 Å². The van der Waals surface area contributed by atoms with Crippen LogP contribution in [-0.2, 0) is 18.1 Å². The number of nitrogens with zero attached hydrogens (tertiary/aromatic N) is 2. The molecule has 3 aromatic rings. The maximum atomic E-state index is 14.6. The van der Waals surface area contributed by atoms with Crippen molar-refractivity contribution in [2.24, 2.45) is 7.05 Å². The fraction of sp³-hybridized carbons (Fsp3) is 0.393. The van der Waals surface area contributed by atoms with Crippen LogP contribution in [0.15, 0.2) is 47.4 Å². The molecule has 0 spiro atoms. The molecule has 3 N–H and O–H groups in total. The molecule has 41 heavy (non-hydrogen) atoms. The molecule has 0 saturated carbocycles. The Balaban J connectivity index is 1.74. The number of hydrogen-bond acceptors (Lipinski definition) is 8. The van der Waals surface area contributed by atoms with Gasteiger partial charge in [-0.1, -0.05) is 13.8 Å². The molecular formula is C28H30F3N3O7. The zero-order chi connectivity index (χ0) is 30.2. The Hall–Kier alpha value is -4.10. The number of alkyl halides is 3. The normalized spacial score (nSPS) is 15.4. The predicted molar refractivity (Wildman–Crippen MR) is 141 cm³/mol. The zero-order valence-electron chi connectivity index (χ0n) is 22.8. The first-order valence-electron chi connectivity index (χ1n) is 12.6. The first-order chi connectivity index (χ1) is 19.2. The number of pyridine rings is 2. The molecule has 1 aliphatic rings. The van der Waals surface area contributed by atoms with E-state index in [4.69, 9.17) is 19.3 Å². The highest BCUT2D eigenvalue weighted by atomic mass is 19.4. The lowest BCUT2D eigenvalue weighted by Gasteiger charge is -2.31. The molecule has 13 heteroatoms. The Labute approximate surface area is 233 Å². The van der Waals surface area contributed by atoms with Gasteiger partial charge in [-0.3, -0.25) is 9.59 Å². The first kappa shape index (κ1) is 29.9. The largest absolute Gasteiger partial charge is 0.493 e. The number of carbonyl (C=O) groups is 1. The van der Waals surface area contributed by atoms with Gasteiger partial charge in [0.1, 0.15) is 18.1 Å². The molecule has 0 saturated heterocycles. The van der Waals surface area contributed by atoms with E-state index in [2.05, 4.69) is 10.3 Å². The van der Waals surface area contributed by atoms with Crippen molar-refractivity contribution in [3.63, 3.8) is 0 Å². The van der Waals surface area contributed by atoms with Crippen LogP contribution in [0.1, 0.15) is 35.5 Å². The van der Waals surface area contributed by atoms with Crippen LogP contribution in [0.4, 0.5) is 13.2 Å². The van der Waals surface area contributed by atoms with Gasteiger partial charge in [0, 0.05) is 41.4 Å². The Morgan fingerprint density at radius 1 is 1.20 bits per heavy atom. The van der Waals surface area contributed by atoms with E-state index in [0.29, 0.717) is 11.1 Å². The number of carbonyl (C=O) groups excluding carboxylic acids is 1. The Morgan fingerprint density at radius 3 is 2.56 bits per heavy atom. The van der Waals surface area contributed by atoms with Crippen LogP contribution in [0.25, 0.3) is 11.3 Å². The quantitative estimate of drug-likeness (QED) is 0.354. The number of rotatable bonds is 9. The van der Waals surface area contributed by atoms with E-state index >= 15 is 0 Å². The molecule has 4 rings (SSSR count). The van der Waals surface area contributed by atoms with Crippen molar-refractivity contribution in [2.45, 2.75) is 31.0 Å². The number of amides is 1. The van der Waals surface area contributed by atoms with Gasteiger partial charge in [0.15, 0.2) is 11.5 Å². The molecule has 0 bridgehead atoms. The van der Waals surface area contributed by atoms with Crippen LogP contribution in [0, 0.1) is 0 Å². The smallest absolute Gasteiger partial charge is 0.424 e. The summed E-state index contributed by atoms with van der Waals surface area (Å²) in [4.78, 5) is 29.0. The lowest BCUT2D eigenvalue weighted by atomic mass is 9.84. The van der Waals surface area contributed by atoms with E-state index in [1.54, 1.807) is 13.8 Å². The summed E-state index contributed by atoms with van der Waals surface area (Å²) in [5.41, 5.74) is -4.69. The molecule has 2 aromatic heterocycles. The number of hydrogen-bond donors (Lipinski definition) is 3. The topological polar surface area (TPSA) is 132 Å². The van der Waals surface area contributed by atoms with Crippen LogP contribution in [0.5, 0.6) is 17.2 Å². The van der Waals surface area contributed by atoms with Gasteiger partial charge in [0.2, 0.25) is 11.2 Å². The van der Waals surface area contributed by atoms with Crippen molar-refractivity contribution in [3.05, 3.63) is 69.8 Å². The summed E-state index contributed by atoms with van der Waals surface area (Å²) >= 11 is 0. The maximum absolute atomic E-state index is 14.6. The average Bonchev–Trinajstić information content (AvgIpc) is 3.24. The van der Waals surface area contributed by atoms with Crippen molar-refractivity contribution in [2.75, 3.05) is 33.5 Å². The number of methoxy groups -OCH3 is 1. The minimum Gasteiger partial charge on any atom is -0.493 e. The highest BCUT2D eigenvalue weighted by molar-refractivity contribution is 5.95. The van der Waals surface area contributed by atoms with Crippen molar-refractivity contribution in [1.82, 2.24) is 14.9 Å². The monoisotopic (exact) mass is 577 g/mol. The van der Waals surface area contributed by atoms with E-state index in [0.717, 1.165) is 6.07 Å². The summed E-state index contributed by atoms with van der Waals surface area (Å²) in [6.07, 6.45) is -3.83. The molecule has 1 amide bonds. The number of nitrogens with one attached hydrogen (secondary N) is 1. The van der Waals surface area contributed by atoms with Gasteiger partial charge in [-0.25, -0.2) is 4.98 Å². The van der Waals surface area contributed by atoms with Gasteiger partial charge >= 0.3 is 6.18 Å². The highest BCUT2D eigenvalue weighted by Gasteiger charge is 2.57. The van der Waals surface area contributed by atoms with E-state index in [-0.39, 0.29) is 53.9 Å². The highest BCUT2D eigenvalue weighted by Crippen LogP contribution is 2.47. The number of benzene rings is 1. The van der Waals surface area contributed by atoms with Crippen molar-refractivity contribution in [3.8, 4) is 28.5 Å². The van der Waals surface area contributed by atoms with Crippen molar-refractivity contribution in [1.29, 1.82) is 0 Å². The van der Waals surface area contributed by atoms with Gasteiger partial charge in [-0.15, -0.1) is 0 Å². The first-order valence-corrected chi connectivity index (χ1v) is 12.6. The van der Waals surface area contributed by atoms with Gasteiger partial charge in [-0.05, 0) is 30.3 Å². The number of halogens is 3. The molecule has 0 radical (unpaired) electrons. The third kappa shape index (κ3) is 5.72. The second kappa shape index (κ2) is 11.1. The summed E-state index contributed by atoms with van der Waals surface area (Å²) < 4.78 is 61.2. The second-order valence-corrected chi connectivity index (χ2v) is 10.3. The van der Waals surface area contributed by atoms with Gasteiger partial charge in [0.25, 0.3) is 5.91 Å².